The molecule has 0 bridgehead atoms. The molecule has 5 nitrogen and oxygen atoms in total. The molecule has 1 aromatic rings. The smallest absolute Gasteiger partial charge is 0.310 e. The molecule has 0 saturated carbocycles. The second-order valence-electron chi connectivity index (χ2n) is 3.29. The maximum absolute atomic E-state index is 12.5. The van der Waals surface area contributed by atoms with E-state index >= 15 is 0 Å². The van der Waals surface area contributed by atoms with Crippen LogP contribution in [0.1, 0.15) is 23.2 Å². The van der Waals surface area contributed by atoms with Gasteiger partial charge in [-0.05, 0) is 0 Å². The molecule has 94 valence electrons. The quantitative estimate of drug-likeness (QED) is 0.757. The largest absolute Gasteiger partial charge is 0.469 e. The number of methoxy groups -OCH3 is 1. The van der Waals surface area contributed by atoms with Crippen LogP contribution in [0.2, 0.25) is 0 Å². The molecule has 0 unspecified atom stereocenters. The standard InChI is InChI=1S/C10H12F2N2O3/c1-17-7(15)2-5-4-14-8(10(11)12)6(3-13)9(5)16/h4,10H,2-3,13H2,1H3,(H,14,16). The summed E-state index contributed by atoms with van der Waals surface area (Å²) in [5.41, 5.74) is 3.95. The third-order valence-electron chi connectivity index (χ3n) is 2.28. The summed E-state index contributed by atoms with van der Waals surface area (Å²) >= 11 is 0. The molecule has 0 amide bonds. The number of carbonyl (C=O) groups excluding carboxylic acids is 1. The Bertz CT molecular complexity index is 471. The number of rotatable bonds is 4. The number of esters is 1. The van der Waals surface area contributed by atoms with E-state index in [0.717, 1.165) is 6.20 Å². The fourth-order valence-corrected chi connectivity index (χ4v) is 1.39. The van der Waals surface area contributed by atoms with Crippen molar-refractivity contribution in [1.82, 2.24) is 4.98 Å². The number of aromatic nitrogens is 1. The lowest BCUT2D eigenvalue weighted by Crippen LogP contribution is -2.23. The lowest BCUT2D eigenvalue weighted by Gasteiger charge is -2.08. The Hall–Kier alpha value is -1.76. The lowest BCUT2D eigenvalue weighted by atomic mass is 10.1. The number of nitrogens with one attached hydrogen (secondary N) is 1. The van der Waals surface area contributed by atoms with E-state index in [1.165, 1.54) is 7.11 Å². The maximum Gasteiger partial charge on any atom is 0.310 e. The molecule has 0 aliphatic heterocycles. The minimum absolute atomic E-state index is 0.0571. The van der Waals surface area contributed by atoms with Crippen LogP contribution in [0.25, 0.3) is 0 Å². The average Bonchev–Trinajstić information content (AvgIpc) is 2.30. The van der Waals surface area contributed by atoms with Crippen molar-refractivity contribution in [3.63, 3.8) is 0 Å². The van der Waals surface area contributed by atoms with Crippen LogP contribution in [0.15, 0.2) is 11.0 Å². The van der Waals surface area contributed by atoms with E-state index in [9.17, 15) is 18.4 Å². The van der Waals surface area contributed by atoms with E-state index in [4.69, 9.17) is 5.73 Å². The Balaban J connectivity index is 3.20. The van der Waals surface area contributed by atoms with Crippen molar-refractivity contribution in [3.05, 3.63) is 33.2 Å². The number of halogens is 2. The normalized spacial score (nSPS) is 10.6. The first-order valence-corrected chi connectivity index (χ1v) is 4.79. The Kier molecular flexibility index (Phi) is 4.33. The fraction of sp³-hybridized carbons (Fsp3) is 0.400. The number of ether oxygens (including phenoxy) is 1. The van der Waals surface area contributed by atoms with Gasteiger partial charge in [0.2, 0.25) is 0 Å². The highest BCUT2D eigenvalue weighted by Gasteiger charge is 2.18. The zero-order valence-corrected chi connectivity index (χ0v) is 9.13. The minimum Gasteiger partial charge on any atom is -0.469 e. The molecule has 1 rings (SSSR count). The first-order chi connectivity index (χ1) is 8.01. The summed E-state index contributed by atoms with van der Waals surface area (Å²) < 4.78 is 29.5. The van der Waals surface area contributed by atoms with Crippen molar-refractivity contribution in [3.8, 4) is 0 Å². The zero-order valence-electron chi connectivity index (χ0n) is 9.13. The zero-order chi connectivity index (χ0) is 13.0. The van der Waals surface area contributed by atoms with Crippen molar-refractivity contribution in [2.45, 2.75) is 19.4 Å². The number of alkyl halides is 2. The highest BCUT2D eigenvalue weighted by atomic mass is 19.3. The van der Waals surface area contributed by atoms with Crippen LogP contribution >= 0.6 is 0 Å². The second kappa shape index (κ2) is 5.53. The Labute approximate surface area is 95.6 Å². The molecule has 1 heterocycles. The van der Waals surface area contributed by atoms with Gasteiger partial charge in [-0.3, -0.25) is 9.59 Å². The van der Waals surface area contributed by atoms with Gasteiger partial charge in [-0.15, -0.1) is 0 Å². The number of pyridine rings is 1. The number of nitrogens with two attached hydrogens (primary N) is 1. The van der Waals surface area contributed by atoms with E-state index in [1.807, 2.05) is 0 Å². The first-order valence-electron chi connectivity index (χ1n) is 4.79. The van der Waals surface area contributed by atoms with Crippen LogP contribution in [0.5, 0.6) is 0 Å². The van der Waals surface area contributed by atoms with Gasteiger partial charge in [0, 0.05) is 23.9 Å². The molecular formula is C10H12F2N2O3. The lowest BCUT2D eigenvalue weighted by molar-refractivity contribution is -0.139. The van der Waals surface area contributed by atoms with Gasteiger partial charge in [-0.1, -0.05) is 0 Å². The summed E-state index contributed by atoms with van der Waals surface area (Å²) in [6, 6.07) is 0. The van der Waals surface area contributed by atoms with E-state index < -0.39 is 23.5 Å². The molecule has 0 radical (unpaired) electrons. The van der Waals surface area contributed by atoms with Crippen molar-refractivity contribution < 1.29 is 18.3 Å². The number of aromatic amines is 1. The summed E-state index contributed by atoms with van der Waals surface area (Å²) in [5.74, 6) is -0.622. The van der Waals surface area contributed by atoms with Crippen LogP contribution in [0.3, 0.4) is 0 Å². The van der Waals surface area contributed by atoms with Gasteiger partial charge in [-0.2, -0.15) is 0 Å². The fourth-order valence-electron chi connectivity index (χ4n) is 1.39. The highest BCUT2D eigenvalue weighted by molar-refractivity contribution is 5.72. The minimum atomic E-state index is -2.81. The Morgan fingerprint density at radius 3 is 2.71 bits per heavy atom. The summed E-state index contributed by atoms with van der Waals surface area (Å²) in [6.07, 6.45) is -2.00. The van der Waals surface area contributed by atoms with Gasteiger partial charge in [0.25, 0.3) is 6.43 Å². The number of hydrogen-bond donors (Lipinski definition) is 2. The molecule has 1 aromatic heterocycles. The van der Waals surface area contributed by atoms with Crippen LogP contribution < -0.4 is 11.2 Å². The van der Waals surface area contributed by atoms with Crippen molar-refractivity contribution >= 4 is 5.97 Å². The van der Waals surface area contributed by atoms with Gasteiger partial charge in [0.1, 0.15) is 0 Å². The number of H-pyrrole nitrogens is 1. The van der Waals surface area contributed by atoms with Gasteiger partial charge in [0.05, 0.1) is 19.2 Å². The van der Waals surface area contributed by atoms with E-state index in [1.54, 1.807) is 0 Å². The van der Waals surface area contributed by atoms with E-state index in [0.29, 0.717) is 0 Å². The molecule has 0 saturated heterocycles. The second-order valence-corrected chi connectivity index (χ2v) is 3.29. The molecule has 0 aliphatic carbocycles. The molecule has 0 fully saturated rings. The van der Waals surface area contributed by atoms with E-state index in [-0.39, 0.29) is 24.1 Å². The van der Waals surface area contributed by atoms with Gasteiger partial charge in [0.15, 0.2) is 5.43 Å². The molecule has 17 heavy (non-hydrogen) atoms. The third-order valence-corrected chi connectivity index (χ3v) is 2.28. The van der Waals surface area contributed by atoms with Gasteiger partial charge >= 0.3 is 5.97 Å². The summed E-state index contributed by atoms with van der Waals surface area (Å²) in [6.45, 7) is -0.315. The van der Waals surface area contributed by atoms with Crippen LogP contribution in [-0.4, -0.2) is 18.1 Å². The monoisotopic (exact) mass is 246 g/mol. The van der Waals surface area contributed by atoms with Crippen LogP contribution in [-0.2, 0) is 22.5 Å². The first kappa shape index (κ1) is 13.3. The molecule has 0 atom stereocenters. The summed E-state index contributed by atoms with van der Waals surface area (Å²) in [7, 11) is 1.17. The SMILES string of the molecule is COC(=O)Cc1c[nH]c(C(F)F)c(CN)c1=O. The van der Waals surface area contributed by atoms with Crippen LogP contribution in [0, 0.1) is 0 Å². The van der Waals surface area contributed by atoms with Gasteiger partial charge < -0.3 is 15.5 Å². The predicted octanol–water partition coefficient (Wildman–Crippen LogP) is 0.487. The van der Waals surface area contributed by atoms with Crippen molar-refractivity contribution in [2.24, 2.45) is 5.73 Å². The summed E-state index contributed by atoms with van der Waals surface area (Å²) in [5, 5.41) is 0. The molecule has 3 N–H and O–H groups in total. The number of carbonyl (C=O) groups is 1. The molecule has 0 spiro atoms. The summed E-state index contributed by atoms with van der Waals surface area (Å²) in [4.78, 5) is 25.0. The predicted molar refractivity (Wildman–Crippen MR) is 55.6 cm³/mol. The van der Waals surface area contributed by atoms with Crippen molar-refractivity contribution in [1.29, 1.82) is 0 Å². The molecule has 0 aliphatic rings. The topological polar surface area (TPSA) is 85.2 Å². The van der Waals surface area contributed by atoms with Gasteiger partial charge in [-0.25, -0.2) is 8.78 Å². The molecular weight excluding hydrogens is 234 g/mol. The maximum atomic E-state index is 12.5. The Morgan fingerprint density at radius 1 is 1.59 bits per heavy atom. The third kappa shape index (κ3) is 2.88. The molecule has 7 heteroatoms. The van der Waals surface area contributed by atoms with E-state index in [2.05, 4.69) is 9.72 Å². The average molecular weight is 246 g/mol. The highest BCUT2D eigenvalue weighted by Crippen LogP contribution is 2.18. The Morgan fingerprint density at radius 2 is 2.24 bits per heavy atom. The molecule has 0 aromatic carbocycles. The van der Waals surface area contributed by atoms with Crippen LogP contribution in [0.4, 0.5) is 8.78 Å². The van der Waals surface area contributed by atoms with Crippen molar-refractivity contribution in [2.75, 3.05) is 7.11 Å². The number of hydrogen-bond acceptors (Lipinski definition) is 4.